The molecule has 18 heavy (non-hydrogen) atoms. The molecule has 0 saturated heterocycles. The maximum Gasteiger partial charge on any atom is 0.251 e. The smallest absolute Gasteiger partial charge is 0.251 e. The summed E-state index contributed by atoms with van der Waals surface area (Å²) in [6.45, 7) is 4.93. The van der Waals surface area contributed by atoms with E-state index in [2.05, 4.69) is 19.2 Å². The van der Waals surface area contributed by atoms with Gasteiger partial charge in [-0.05, 0) is 24.1 Å². The van der Waals surface area contributed by atoms with Crippen molar-refractivity contribution in [2.45, 2.75) is 20.3 Å². The quantitative estimate of drug-likeness (QED) is 0.786. The van der Waals surface area contributed by atoms with Crippen LogP contribution in [0.5, 0.6) is 0 Å². The molecule has 100 valence electrons. The Labute approximate surface area is 109 Å². The largest absolute Gasteiger partial charge is 0.397 e. The third-order valence-electron chi connectivity index (χ3n) is 3.08. The topological polar surface area (TPSA) is 58.4 Å². The van der Waals surface area contributed by atoms with Crippen LogP contribution in [0, 0.1) is 5.92 Å². The molecule has 0 fully saturated rings. The third kappa shape index (κ3) is 3.65. The molecule has 1 amide bonds. The van der Waals surface area contributed by atoms with Crippen LogP contribution in [0.1, 0.15) is 30.6 Å². The number of nitrogens with two attached hydrogens (primary N) is 1. The van der Waals surface area contributed by atoms with Crippen molar-refractivity contribution < 1.29 is 4.79 Å². The number of hydrogen-bond acceptors (Lipinski definition) is 3. The summed E-state index contributed by atoms with van der Waals surface area (Å²) in [5.41, 5.74) is 8.08. The van der Waals surface area contributed by atoms with Crippen LogP contribution in [0.15, 0.2) is 18.2 Å². The van der Waals surface area contributed by atoms with Crippen molar-refractivity contribution in [3.8, 4) is 0 Å². The Morgan fingerprint density at radius 1 is 1.44 bits per heavy atom. The van der Waals surface area contributed by atoms with Gasteiger partial charge in [-0.15, -0.1) is 0 Å². The molecule has 1 atom stereocenters. The number of anilines is 2. The fourth-order valence-corrected chi connectivity index (χ4v) is 1.62. The van der Waals surface area contributed by atoms with Crippen LogP contribution >= 0.6 is 0 Å². The van der Waals surface area contributed by atoms with Gasteiger partial charge in [-0.3, -0.25) is 4.79 Å². The number of carbonyl (C=O) groups is 1. The monoisotopic (exact) mass is 249 g/mol. The minimum absolute atomic E-state index is 0.0627. The molecule has 1 aromatic rings. The second kappa shape index (κ2) is 6.28. The predicted octanol–water partition coefficient (Wildman–Crippen LogP) is 2.11. The van der Waals surface area contributed by atoms with Crippen LogP contribution < -0.4 is 16.0 Å². The summed E-state index contributed by atoms with van der Waals surface area (Å²) in [6, 6.07) is 5.40. The zero-order valence-corrected chi connectivity index (χ0v) is 11.7. The molecule has 4 heteroatoms. The van der Waals surface area contributed by atoms with E-state index in [4.69, 9.17) is 5.73 Å². The molecule has 0 saturated carbocycles. The molecule has 3 N–H and O–H groups in total. The van der Waals surface area contributed by atoms with Gasteiger partial charge in [0.25, 0.3) is 5.91 Å². The van der Waals surface area contributed by atoms with Crippen molar-refractivity contribution in [1.82, 2.24) is 5.32 Å². The summed E-state index contributed by atoms with van der Waals surface area (Å²) in [5.74, 6) is 0.430. The van der Waals surface area contributed by atoms with Gasteiger partial charge in [-0.1, -0.05) is 20.3 Å². The van der Waals surface area contributed by atoms with Crippen LogP contribution in [-0.4, -0.2) is 26.5 Å². The van der Waals surface area contributed by atoms with Crippen LogP contribution in [0.25, 0.3) is 0 Å². The minimum Gasteiger partial charge on any atom is -0.397 e. The zero-order chi connectivity index (χ0) is 13.7. The zero-order valence-electron chi connectivity index (χ0n) is 11.7. The maximum atomic E-state index is 11.9. The lowest BCUT2D eigenvalue weighted by Gasteiger charge is -2.16. The number of benzene rings is 1. The van der Waals surface area contributed by atoms with E-state index < -0.39 is 0 Å². The number of carbonyl (C=O) groups excluding carboxylic acids is 1. The van der Waals surface area contributed by atoms with Gasteiger partial charge in [0.1, 0.15) is 0 Å². The van der Waals surface area contributed by atoms with Gasteiger partial charge in [0.15, 0.2) is 0 Å². The van der Waals surface area contributed by atoms with Crippen molar-refractivity contribution in [2.24, 2.45) is 5.92 Å². The summed E-state index contributed by atoms with van der Waals surface area (Å²) in [7, 11) is 3.85. The van der Waals surface area contributed by atoms with Crippen molar-refractivity contribution in [2.75, 3.05) is 31.3 Å². The number of hydrogen-bond donors (Lipinski definition) is 2. The number of nitrogens with one attached hydrogen (secondary N) is 1. The summed E-state index contributed by atoms with van der Waals surface area (Å²) in [6.07, 6.45) is 1.06. The summed E-state index contributed by atoms with van der Waals surface area (Å²) in [4.78, 5) is 13.8. The van der Waals surface area contributed by atoms with E-state index in [9.17, 15) is 4.79 Å². The second-order valence-electron chi connectivity index (χ2n) is 4.89. The molecular weight excluding hydrogens is 226 g/mol. The number of nitrogens with zero attached hydrogens (tertiary/aromatic N) is 1. The van der Waals surface area contributed by atoms with Crippen LogP contribution in [0.3, 0.4) is 0 Å². The molecule has 0 heterocycles. The third-order valence-corrected chi connectivity index (χ3v) is 3.08. The number of rotatable bonds is 5. The van der Waals surface area contributed by atoms with Gasteiger partial charge in [-0.2, -0.15) is 0 Å². The van der Waals surface area contributed by atoms with Gasteiger partial charge < -0.3 is 16.0 Å². The van der Waals surface area contributed by atoms with Gasteiger partial charge in [0.2, 0.25) is 0 Å². The molecule has 1 unspecified atom stereocenters. The van der Waals surface area contributed by atoms with Gasteiger partial charge in [-0.25, -0.2) is 0 Å². The minimum atomic E-state index is -0.0627. The van der Waals surface area contributed by atoms with Crippen LogP contribution in [-0.2, 0) is 0 Å². The Hall–Kier alpha value is -1.71. The van der Waals surface area contributed by atoms with Crippen LogP contribution in [0.4, 0.5) is 11.4 Å². The first-order valence-electron chi connectivity index (χ1n) is 6.30. The molecule has 0 radical (unpaired) electrons. The van der Waals surface area contributed by atoms with Crippen molar-refractivity contribution in [3.05, 3.63) is 23.8 Å². The van der Waals surface area contributed by atoms with E-state index >= 15 is 0 Å². The number of amides is 1. The van der Waals surface area contributed by atoms with E-state index in [1.807, 2.05) is 25.1 Å². The van der Waals surface area contributed by atoms with E-state index in [1.165, 1.54) is 0 Å². The molecule has 0 aliphatic heterocycles. The van der Waals surface area contributed by atoms with Gasteiger partial charge in [0, 0.05) is 26.2 Å². The van der Waals surface area contributed by atoms with E-state index in [0.29, 0.717) is 23.7 Å². The number of nitrogen functional groups attached to an aromatic ring is 1. The molecule has 1 rings (SSSR count). The predicted molar refractivity (Wildman–Crippen MR) is 77.0 cm³/mol. The molecular formula is C14H23N3O. The van der Waals surface area contributed by atoms with E-state index in [1.54, 1.807) is 12.1 Å². The van der Waals surface area contributed by atoms with Gasteiger partial charge in [0.05, 0.1) is 11.4 Å². The maximum absolute atomic E-state index is 11.9. The molecule has 0 aliphatic carbocycles. The fourth-order valence-electron chi connectivity index (χ4n) is 1.62. The highest BCUT2D eigenvalue weighted by Gasteiger charge is 2.09. The first-order chi connectivity index (χ1) is 8.45. The lowest BCUT2D eigenvalue weighted by atomic mass is 10.1. The fraction of sp³-hybridized carbons (Fsp3) is 0.500. The molecule has 0 bridgehead atoms. The Morgan fingerprint density at radius 3 is 2.61 bits per heavy atom. The average Bonchev–Trinajstić information content (AvgIpc) is 2.34. The second-order valence-corrected chi connectivity index (χ2v) is 4.89. The normalized spacial score (nSPS) is 12.0. The van der Waals surface area contributed by atoms with Crippen molar-refractivity contribution in [3.63, 3.8) is 0 Å². The highest BCUT2D eigenvalue weighted by Crippen LogP contribution is 2.22. The van der Waals surface area contributed by atoms with Crippen molar-refractivity contribution >= 4 is 17.3 Å². The molecule has 0 aliphatic rings. The Bertz CT molecular complexity index is 416. The summed E-state index contributed by atoms with van der Waals surface area (Å²) >= 11 is 0. The first kappa shape index (κ1) is 14.4. The molecule has 4 nitrogen and oxygen atoms in total. The lowest BCUT2D eigenvalue weighted by Crippen LogP contribution is -2.28. The lowest BCUT2D eigenvalue weighted by molar-refractivity contribution is 0.0948. The van der Waals surface area contributed by atoms with Crippen LogP contribution in [0.2, 0.25) is 0 Å². The Morgan fingerprint density at radius 2 is 2.11 bits per heavy atom. The first-order valence-corrected chi connectivity index (χ1v) is 6.30. The standard InChI is InChI=1S/C14H23N3O/c1-5-10(2)9-16-14(18)11-6-7-13(17(3)4)12(15)8-11/h6-8,10H,5,9,15H2,1-4H3,(H,16,18). The molecule has 0 aromatic heterocycles. The molecule has 0 spiro atoms. The van der Waals surface area contributed by atoms with E-state index in [0.717, 1.165) is 12.1 Å². The SMILES string of the molecule is CCC(C)CNC(=O)c1ccc(N(C)C)c(N)c1. The van der Waals surface area contributed by atoms with E-state index in [-0.39, 0.29) is 5.91 Å². The van der Waals surface area contributed by atoms with Crippen molar-refractivity contribution in [1.29, 1.82) is 0 Å². The summed E-state index contributed by atoms with van der Waals surface area (Å²) < 4.78 is 0. The highest BCUT2D eigenvalue weighted by molar-refractivity contribution is 5.96. The molecule has 1 aromatic carbocycles. The summed E-state index contributed by atoms with van der Waals surface area (Å²) in [5, 5.41) is 2.92. The average molecular weight is 249 g/mol. The Kier molecular flexibility index (Phi) is 5.01. The highest BCUT2D eigenvalue weighted by atomic mass is 16.1. The van der Waals surface area contributed by atoms with Gasteiger partial charge >= 0.3 is 0 Å². The Balaban J connectivity index is 2.73.